The van der Waals surface area contributed by atoms with E-state index in [1.807, 2.05) is 112 Å². The molecule has 20 nitrogen and oxygen atoms in total. The number of halogens is 1. The maximum Gasteiger partial charge on any atom is 0.411 e. The van der Waals surface area contributed by atoms with Gasteiger partial charge in [0.25, 0.3) is 5.91 Å². The number of nitrogens with zero attached hydrogens (tertiary/aromatic N) is 8. The van der Waals surface area contributed by atoms with Crippen LogP contribution in [0.5, 0.6) is 0 Å². The number of piperidine rings is 3. The first-order chi connectivity index (χ1) is 41.7. The van der Waals surface area contributed by atoms with Gasteiger partial charge in [-0.3, -0.25) is 29.0 Å². The number of fused-ring (bicyclic) bond motifs is 1. The normalized spacial score (nSPS) is 21.0. The monoisotopic (exact) mass is 1220 g/mol. The molecule has 0 radical (unpaired) electrons. The molecule has 2 aromatic carbocycles. The minimum Gasteiger partial charge on any atom is -0.444 e. The first-order valence-electron chi connectivity index (χ1n) is 32.2. The first kappa shape index (κ1) is 63.5. The summed E-state index contributed by atoms with van der Waals surface area (Å²) in [6, 6.07) is 16.4. The topological polar surface area (TPSA) is 218 Å². The molecule has 3 atom stereocenters. The number of carbonyl (C=O) groups is 6. The predicted octanol–water partition coefficient (Wildman–Crippen LogP) is 9.06. The molecule has 0 spiro atoms. The Morgan fingerprint density at radius 1 is 0.747 bits per heavy atom. The summed E-state index contributed by atoms with van der Waals surface area (Å²) in [5.74, 6) is 0.823. The molecule has 2 aromatic heterocycles. The van der Waals surface area contributed by atoms with Gasteiger partial charge in [-0.25, -0.2) is 19.6 Å². The third-order valence-corrected chi connectivity index (χ3v) is 18.9. The van der Waals surface area contributed by atoms with E-state index in [2.05, 4.69) is 45.6 Å². The van der Waals surface area contributed by atoms with E-state index in [0.29, 0.717) is 75.0 Å². The Labute approximate surface area is 518 Å². The second-order valence-electron chi connectivity index (χ2n) is 27.4. The van der Waals surface area contributed by atoms with E-state index in [9.17, 15) is 28.8 Å². The number of carbonyl (C=O) groups excluding carboxylic acids is 6. The summed E-state index contributed by atoms with van der Waals surface area (Å²) in [4.78, 5) is 109. The number of hydrogen-bond acceptors (Lipinski definition) is 13. The van der Waals surface area contributed by atoms with Crippen LogP contribution >= 0.6 is 11.6 Å². The van der Waals surface area contributed by atoms with Crippen LogP contribution in [-0.2, 0) is 23.9 Å². The lowest BCUT2D eigenvalue weighted by Gasteiger charge is -2.42. The number of piperazine rings is 1. The number of rotatable bonds is 18. The fourth-order valence-corrected chi connectivity index (χ4v) is 13.8. The average molecular weight is 1220 g/mol. The van der Waals surface area contributed by atoms with Crippen LogP contribution in [0.2, 0.25) is 5.02 Å². The van der Waals surface area contributed by atoms with Gasteiger partial charge in [-0.15, -0.1) is 0 Å². The second kappa shape index (κ2) is 27.9. The van der Waals surface area contributed by atoms with Crippen LogP contribution in [0.25, 0.3) is 11.0 Å². The molecule has 6 fully saturated rings. The molecular weight excluding hydrogens is 1120 g/mol. The lowest BCUT2D eigenvalue weighted by Crippen LogP contribution is -2.64. The van der Waals surface area contributed by atoms with Crippen molar-refractivity contribution in [3.8, 4) is 0 Å². The largest absolute Gasteiger partial charge is 0.444 e. The zero-order chi connectivity index (χ0) is 61.5. The van der Waals surface area contributed by atoms with Crippen LogP contribution in [0.1, 0.15) is 165 Å². The van der Waals surface area contributed by atoms with Gasteiger partial charge in [-0.2, -0.15) is 0 Å². The Balaban J connectivity index is 0.707. The van der Waals surface area contributed by atoms with E-state index < -0.39 is 35.0 Å². The van der Waals surface area contributed by atoms with E-state index in [0.717, 1.165) is 138 Å². The number of H-pyrrole nitrogens is 1. The Morgan fingerprint density at radius 3 is 2.15 bits per heavy atom. The highest BCUT2D eigenvalue weighted by Gasteiger charge is 2.46. The van der Waals surface area contributed by atoms with Crippen LogP contribution in [0.15, 0.2) is 67.1 Å². The van der Waals surface area contributed by atoms with E-state index >= 15 is 0 Å². The molecule has 21 heteroatoms. The van der Waals surface area contributed by atoms with Gasteiger partial charge in [0, 0.05) is 94.2 Å². The first-order valence-corrected chi connectivity index (χ1v) is 32.6. The Morgan fingerprint density at radius 2 is 1.46 bits per heavy atom. The fraction of sp³-hybridized carbons (Fsp3) is 0.636. The summed E-state index contributed by atoms with van der Waals surface area (Å²) >= 11 is 6.39. The molecule has 4 saturated heterocycles. The molecule has 6 aliphatic rings. The van der Waals surface area contributed by atoms with E-state index in [4.69, 9.17) is 21.1 Å². The van der Waals surface area contributed by atoms with Gasteiger partial charge < -0.3 is 50.0 Å². The Kier molecular flexibility index (Phi) is 20.4. The molecule has 4 N–H and O–H groups in total. The van der Waals surface area contributed by atoms with Crippen molar-refractivity contribution in [1.29, 1.82) is 0 Å². The second-order valence-corrected chi connectivity index (χ2v) is 27.8. The number of benzene rings is 2. The zero-order valence-electron chi connectivity index (χ0n) is 52.1. The summed E-state index contributed by atoms with van der Waals surface area (Å²) < 4.78 is 11.4. The van der Waals surface area contributed by atoms with Gasteiger partial charge in [0.1, 0.15) is 47.1 Å². The summed E-state index contributed by atoms with van der Waals surface area (Å²) in [5, 5.41) is 11.2. The number of aromatic amines is 1. The number of amides is 6. The van der Waals surface area contributed by atoms with Gasteiger partial charge in [0.2, 0.25) is 17.7 Å². The van der Waals surface area contributed by atoms with Gasteiger partial charge in [-0.1, -0.05) is 55.1 Å². The number of aromatic nitrogens is 3. The van der Waals surface area contributed by atoms with E-state index in [1.165, 1.54) is 6.33 Å². The van der Waals surface area contributed by atoms with Crippen molar-refractivity contribution >= 4 is 64.3 Å². The van der Waals surface area contributed by atoms with Gasteiger partial charge in [0.15, 0.2) is 0 Å². The van der Waals surface area contributed by atoms with Crippen molar-refractivity contribution in [2.45, 2.75) is 172 Å². The minimum atomic E-state index is -1.23. The molecule has 6 amide bonds. The summed E-state index contributed by atoms with van der Waals surface area (Å²) in [6.07, 6.45) is 14.2. The molecule has 1 unspecified atom stereocenters. The molecule has 2 aliphatic carbocycles. The molecule has 2 saturated carbocycles. The number of hydrogen-bond donors (Lipinski definition) is 4. The lowest BCUT2D eigenvalue weighted by molar-refractivity contribution is -0.137. The minimum absolute atomic E-state index is 0.00469. The highest BCUT2D eigenvalue weighted by atomic mass is 35.5. The number of alkyl carbamates (subject to hydrolysis) is 1. The summed E-state index contributed by atoms with van der Waals surface area (Å²) in [7, 11) is 0. The summed E-state index contributed by atoms with van der Waals surface area (Å²) in [5.41, 5.74) is 0.544. The van der Waals surface area contributed by atoms with Gasteiger partial charge >= 0.3 is 12.2 Å². The van der Waals surface area contributed by atoms with Crippen LogP contribution in [0, 0.1) is 11.8 Å². The molecular formula is C66H93ClN12O8. The van der Waals surface area contributed by atoms with Crippen molar-refractivity contribution in [2.24, 2.45) is 11.8 Å². The van der Waals surface area contributed by atoms with Crippen LogP contribution in [0.4, 0.5) is 15.4 Å². The van der Waals surface area contributed by atoms with Gasteiger partial charge in [-0.05, 0) is 179 Å². The maximum absolute atomic E-state index is 14.8. The van der Waals surface area contributed by atoms with Crippen LogP contribution in [0.3, 0.4) is 0 Å². The SMILES string of the molecule is CC(C)(C)OC(=O)NC1(C(=O)N[C@@H](CCN2CCC(CN3CCN(C(=O)[C@H](NC(=O)c4cccc(C5CCCN(C(=O)CN(C(=O)OC(C)(C)C)C6CC6)C5)c4)C4CCCCC4)CC3)CC2)c2ccc(Cl)cc2)CCN(c2ncnc3[nH]ccc23)CC1. The average Bonchev–Trinajstić information content (AvgIpc) is 2.56. The zero-order valence-corrected chi connectivity index (χ0v) is 52.9. The number of nitrogens with one attached hydrogen (secondary N) is 4. The highest BCUT2D eigenvalue weighted by molar-refractivity contribution is 6.30. The van der Waals surface area contributed by atoms with Crippen molar-refractivity contribution in [1.82, 2.24) is 55.4 Å². The smallest absolute Gasteiger partial charge is 0.411 e. The maximum atomic E-state index is 14.8. The molecule has 472 valence electrons. The van der Waals surface area contributed by atoms with Crippen molar-refractivity contribution in [3.63, 3.8) is 0 Å². The number of ether oxygens (including phenoxy) is 2. The van der Waals surface area contributed by atoms with E-state index in [-0.39, 0.29) is 54.1 Å². The molecule has 6 heterocycles. The molecule has 4 aliphatic heterocycles. The Hall–Kier alpha value is -6.51. The van der Waals surface area contributed by atoms with Crippen molar-refractivity contribution in [3.05, 3.63) is 88.8 Å². The third kappa shape index (κ3) is 16.8. The standard InChI is InChI=1S/C66H93ClN12O8/c1-64(2,3)86-62(84)73-66(27-34-76(35-28-66)58-53-23-29-68-57(53)69-44-70-58)61(83)71-54(46-17-19-51(67)20-18-46)26-33-74-31-24-45(25-32-74)41-75-36-38-77(39-37-75)60(82)56(47-12-8-7-9-13-47)72-59(81)49-15-10-14-48(40-49)50-16-11-30-78(42-50)55(80)43-79(52-21-22-52)63(85)87-65(4,5)6/h10,14-15,17-20,23,29,40,44-45,47,50,52,54,56H,7-9,11-13,16,21-22,24-28,30-39,41-43H2,1-6H3,(H,71,83)(H,72,81)(H,73,84)(H,68,69,70)/t50?,54-,56+/m0/s1. The number of likely N-dealkylation sites (tertiary alicyclic amines) is 2. The van der Waals surface area contributed by atoms with Crippen LogP contribution < -0.4 is 20.9 Å². The third-order valence-electron chi connectivity index (χ3n) is 18.6. The van der Waals surface area contributed by atoms with Gasteiger partial charge in [0.05, 0.1) is 11.4 Å². The highest BCUT2D eigenvalue weighted by Crippen LogP contribution is 2.35. The Bertz CT molecular complexity index is 3020. The molecule has 10 rings (SSSR count). The quantitative estimate of drug-likeness (QED) is 0.0732. The predicted molar refractivity (Wildman–Crippen MR) is 335 cm³/mol. The fourth-order valence-electron chi connectivity index (χ4n) is 13.6. The van der Waals surface area contributed by atoms with Crippen LogP contribution in [-0.4, -0.2) is 189 Å². The van der Waals surface area contributed by atoms with Crippen molar-refractivity contribution < 1.29 is 38.2 Å². The summed E-state index contributed by atoms with van der Waals surface area (Å²) in [6.45, 7) is 19.4. The molecule has 87 heavy (non-hydrogen) atoms. The molecule has 0 bridgehead atoms. The molecule has 4 aromatic rings. The lowest BCUT2D eigenvalue weighted by atomic mass is 9.83. The number of anilines is 1. The van der Waals surface area contributed by atoms with E-state index in [1.54, 1.807) is 4.90 Å². The van der Waals surface area contributed by atoms with Crippen molar-refractivity contribution in [2.75, 3.05) is 90.0 Å².